The van der Waals surface area contributed by atoms with Crippen LogP contribution in [0, 0.1) is 0 Å². The van der Waals surface area contributed by atoms with E-state index in [2.05, 4.69) is 35.8 Å². The molecule has 3 rings (SSSR count). The quantitative estimate of drug-likeness (QED) is 0.626. The standard InChI is InChI=1S/C15H11NS/c17-14-9-8-11-5-1-2-6-12(11)15(14)13-7-3-4-10-16-13/h1-10,17H. The van der Waals surface area contributed by atoms with E-state index in [1.165, 1.54) is 10.8 Å². The van der Waals surface area contributed by atoms with Gasteiger partial charge in [-0.2, -0.15) is 0 Å². The van der Waals surface area contributed by atoms with Crippen LogP contribution in [0.5, 0.6) is 0 Å². The van der Waals surface area contributed by atoms with Crippen LogP contribution in [0.4, 0.5) is 0 Å². The Morgan fingerprint density at radius 3 is 2.47 bits per heavy atom. The Labute approximate surface area is 106 Å². The summed E-state index contributed by atoms with van der Waals surface area (Å²) in [5, 5.41) is 2.41. The first-order valence-corrected chi connectivity index (χ1v) is 5.93. The molecule has 0 saturated carbocycles. The molecular formula is C15H11NS. The van der Waals surface area contributed by atoms with Gasteiger partial charge in [0.25, 0.3) is 0 Å². The Hall–Kier alpha value is -1.80. The predicted octanol–water partition coefficient (Wildman–Crippen LogP) is 4.19. The maximum Gasteiger partial charge on any atom is 0.0719 e. The fourth-order valence-corrected chi connectivity index (χ4v) is 2.35. The first-order chi connectivity index (χ1) is 8.36. The van der Waals surface area contributed by atoms with Gasteiger partial charge < -0.3 is 0 Å². The van der Waals surface area contributed by atoms with Crippen molar-refractivity contribution in [1.82, 2.24) is 4.98 Å². The highest BCUT2D eigenvalue weighted by Crippen LogP contribution is 2.32. The van der Waals surface area contributed by atoms with Gasteiger partial charge >= 0.3 is 0 Å². The number of nitrogens with zero attached hydrogens (tertiary/aromatic N) is 1. The predicted molar refractivity (Wildman–Crippen MR) is 74.4 cm³/mol. The van der Waals surface area contributed by atoms with Crippen LogP contribution < -0.4 is 0 Å². The normalized spacial score (nSPS) is 10.6. The second-order valence-electron chi connectivity index (χ2n) is 3.90. The molecule has 0 atom stereocenters. The third-order valence-electron chi connectivity index (χ3n) is 2.83. The lowest BCUT2D eigenvalue weighted by molar-refractivity contribution is 1.31. The van der Waals surface area contributed by atoms with Crippen molar-refractivity contribution in [3.8, 4) is 11.3 Å². The highest BCUT2D eigenvalue weighted by atomic mass is 32.1. The summed E-state index contributed by atoms with van der Waals surface area (Å²) >= 11 is 4.55. The third-order valence-corrected chi connectivity index (χ3v) is 3.20. The van der Waals surface area contributed by atoms with Crippen LogP contribution in [0.15, 0.2) is 65.7 Å². The second kappa shape index (κ2) is 4.22. The Morgan fingerprint density at radius 1 is 0.824 bits per heavy atom. The molecule has 0 amide bonds. The minimum atomic E-state index is 0.961. The summed E-state index contributed by atoms with van der Waals surface area (Å²) in [6, 6.07) is 18.4. The zero-order valence-corrected chi connectivity index (χ0v) is 10.1. The molecule has 1 aromatic heterocycles. The molecule has 0 fully saturated rings. The van der Waals surface area contributed by atoms with Crippen LogP contribution >= 0.6 is 12.6 Å². The van der Waals surface area contributed by atoms with Gasteiger partial charge in [-0.15, -0.1) is 12.6 Å². The van der Waals surface area contributed by atoms with Gasteiger partial charge in [-0.1, -0.05) is 36.4 Å². The summed E-state index contributed by atoms with van der Waals surface area (Å²) in [5.41, 5.74) is 2.07. The van der Waals surface area contributed by atoms with Gasteiger partial charge in [0.05, 0.1) is 5.69 Å². The summed E-state index contributed by atoms with van der Waals surface area (Å²) in [6.07, 6.45) is 1.81. The Bertz CT molecular complexity index is 662. The number of rotatable bonds is 1. The monoisotopic (exact) mass is 237 g/mol. The molecule has 0 N–H and O–H groups in total. The molecule has 0 bridgehead atoms. The SMILES string of the molecule is Sc1ccc2ccccc2c1-c1ccccn1. The summed E-state index contributed by atoms with van der Waals surface area (Å²) in [6.45, 7) is 0. The van der Waals surface area contributed by atoms with E-state index in [1.54, 1.807) is 0 Å². The molecule has 0 saturated heterocycles. The summed E-state index contributed by atoms with van der Waals surface area (Å²) < 4.78 is 0. The molecule has 17 heavy (non-hydrogen) atoms. The number of benzene rings is 2. The summed E-state index contributed by atoms with van der Waals surface area (Å²) in [7, 11) is 0. The van der Waals surface area contributed by atoms with E-state index < -0.39 is 0 Å². The summed E-state index contributed by atoms with van der Waals surface area (Å²) in [4.78, 5) is 5.37. The van der Waals surface area contributed by atoms with Crippen LogP contribution in [0.3, 0.4) is 0 Å². The highest BCUT2D eigenvalue weighted by Gasteiger charge is 2.07. The molecule has 0 aliphatic rings. The van der Waals surface area contributed by atoms with Crippen molar-refractivity contribution in [3.05, 3.63) is 60.8 Å². The Balaban J connectivity index is 2.39. The molecule has 1 heterocycles. The first-order valence-electron chi connectivity index (χ1n) is 5.48. The lowest BCUT2D eigenvalue weighted by atomic mass is 10.0. The van der Waals surface area contributed by atoms with Gasteiger partial charge in [0, 0.05) is 16.7 Å². The topological polar surface area (TPSA) is 12.9 Å². The van der Waals surface area contributed by atoms with E-state index in [-0.39, 0.29) is 0 Å². The van der Waals surface area contributed by atoms with Crippen molar-refractivity contribution in [2.24, 2.45) is 0 Å². The van der Waals surface area contributed by atoms with Gasteiger partial charge in [0.2, 0.25) is 0 Å². The van der Waals surface area contributed by atoms with Gasteiger partial charge in [0.15, 0.2) is 0 Å². The van der Waals surface area contributed by atoms with Crippen molar-refractivity contribution in [3.63, 3.8) is 0 Å². The van der Waals surface area contributed by atoms with E-state index in [0.717, 1.165) is 16.2 Å². The third kappa shape index (κ3) is 1.81. The zero-order valence-electron chi connectivity index (χ0n) is 9.17. The van der Waals surface area contributed by atoms with Crippen LogP contribution in [-0.2, 0) is 0 Å². The molecule has 2 heteroatoms. The molecule has 0 aliphatic carbocycles. The minimum absolute atomic E-state index is 0.961. The van der Waals surface area contributed by atoms with Crippen LogP contribution in [0.2, 0.25) is 0 Å². The smallest absolute Gasteiger partial charge is 0.0719 e. The number of hydrogen-bond donors (Lipinski definition) is 1. The van der Waals surface area contributed by atoms with Gasteiger partial charge in [-0.05, 0) is 29.0 Å². The van der Waals surface area contributed by atoms with Gasteiger partial charge in [-0.25, -0.2) is 0 Å². The van der Waals surface area contributed by atoms with E-state index in [4.69, 9.17) is 0 Å². The van der Waals surface area contributed by atoms with E-state index in [9.17, 15) is 0 Å². The van der Waals surface area contributed by atoms with E-state index in [0.29, 0.717) is 0 Å². The number of aromatic nitrogens is 1. The summed E-state index contributed by atoms with van der Waals surface area (Å²) in [5.74, 6) is 0. The first kappa shape index (κ1) is 10.4. The number of thiol groups is 1. The second-order valence-corrected chi connectivity index (χ2v) is 4.38. The van der Waals surface area contributed by atoms with Crippen LogP contribution in [0.25, 0.3) is 22.0 Å². The lowest BCUT2D eigenvalue weighted by Gasteiger charge is -2.08. The minimum Gasteiger partial charge on any atom is -0.256 e. The van der Waals surface area contributed by atoms with Crippen molar-refractivity contribution in [1.29, 1.82) is 0 Å². The van der Waals surface area contributed by atoms with Gasteiger partial charge in [-0.3, -0.25) is 4.98 Å². The number of pyridine rings is 1. The highest BCUT2D eigenvalue weighted by molar-refractivity contribution is 7.80. The molecule has 0 unspecified atom stereocenters. The molecule has 0 radical (unpaired) electrons. The Morgan fingerprint density at radius 2 is 1.65 bits per heavy atom. The molecule has 82 valence electrons. The number of fused-ring (bicyclic) bond motifs is 1. The van der Waals surface area contributed by atoms with Crippen molar-refractivity contribution < 1.29 is 0 Å². The van der Waals surface area contributed by atoms with Crippen LogP contribution in [-0.4, -0.2) is 4.98 Å². The lowest BCUT2D eigenvalue weighted by Crippen LogP contribution is -1.86. The number of hydrogen-bond acceptors (Lipinski definition) is 2. The molecule has 0 spiro atoms. The van der Waals surface area contributed by atoms with E-state index >= 15 is 0 Å². The van der Waals surface area contributed by atoms with Crippen molar-refractivity contribution in [2.75, 3.05) is 0 Å². The average molecular weight is 237 g/mol. The zero-order chi connectivity index (χ0) is 11.7. The maximum atomic E-state index is 4.55. The molecule has 0 aliphatic heterocycles. The largest absolute Gasteiger partial charge is 0.256 e. The molecule has 1 nitrogen and oxygen atoms in total. The maximum absolute atomic E-state index is 4.55. The van der Waals surface area contributed by atoms with Gasteiger partial charge in [0.1, 0.15) is 0 Å². The van der Waals surface area contributed by atoms with Crippen LogP contribution in [0.1, 0.15) is 0 Å². The average Bonchev–Trinajstić information content (AvgIpc) is 2.39. The Kier molecular flexibility index (Phi) is 2.57. The van der Waals surface area contributed by atoms with Crippen molar-refractivity contribution >= 4 is 23.4 Å². The fourth-order valence-electron chi connectivity index (χ4n) is 2.04. The molecular weight excluding hydrogens is 226 g/mol. The molecule has 2 aromatic carbocycles. The van der Waals surface area contributed by atoms with E-state index in [1.807, 2.05) is 42.6 Å². The fraction of sp³-hybridized carbons (Fsp3) is 0. The molecule has 3 aromatic rings. The van der Waals surface area contributed by atoms with Crippen molar-refractivity contribution in [2.45, 2.75) is 4.90 Å².